The van der Waals surface area contributed by atoms with Gasteiger partial charge in [-0.3, -0.25) is 5.43 Å². The van der Waals surface area contributed by atoms with Crippen LogP contribution in [-0.2, 0) is 5.54 Å². The van der Waals surface area contributed by atoms with Gasteiger partial charge in [0, 0.05) is 18.8 Å². The first-order valence-electron chi connectivity index (χ1n) is 4.43. The number of pyridine rings is 1. The van der Waals surface area contributed by atoms with Crippen LogP contribution in [0.4, 0.5) is 13.2 Å². The molecule has 0 unspecified atom stereocenters. The van der Waals surface area contributed by atoms with Crippen molar-refractivity contribution in [2.75, 3.05) is 0 Å². The van der Waals surface area contributed by atoms with Gasteiger partial charge in [-0.25, -0.2) is 4.98 Å². The number of hydrogen-bond acceptors (Lipinski definition) is 3. The molecular formula is C9H7ClF3N3. The molecule has 1 aliphatic heterocycles. The fourth-order valence-corrected chi connectivity index (χ4v) is 1.75. The zero-order chi connectivity index (χ0) is 11.8. The summed E-state index contributed by atoms with van der Waals surface area (Å²) in [6, 6.07) is 2.47. The minimum atomic E-state index is -4.45. The normalized spacial score (nSPS) is 24.5. The summed E-state index contributed by atoms with van der Waals surface area (Å²) in [5.41, 5.74) is -0.0578. The van der Waals surface area contributed by atoms with Crippen LogP contribution in [0.5, 0.6) is 0 Å². The third kappa shape index (κ3) is 1.63. The second-order valence-electron chi connectivity index (χ2n) is 3.40. The molecule has 0 bridgehead atoms. The molecule has 3 nitrogen and oxygen atoms in total. The molecule has 0 aromatic carbocycles. The highest BCUT2D eigenvalue weighted by Crippen LogP contribution is 2.43. The molecule has 1 atom stereocenters. The van der Waals surface area contributed by atoms with E-state index in [-0.39, 0.29) is 17.1 Å². The maximum absolute atomic E-state index is 13.0. The summed E-state index contributed by atoms with van der Waals surface area (Å²) in [6.07, 6.45) is -2.27. The Balaban J connectivity index is 2.49. The van der Waals surface area contributed by atoms with Crippen LogP contribution in [-0.4, -0.2) is 17.4 Å². The molecule has 1 N–H and O–H groups in total. The van der Waals surface area contributed by atoms with E-state index in [0.29, 0.717) is 0 Å². The van der Waals surface area contributed by atoms with E-state index < -0.39 is 11.7 Å². The van der Waals surface area contributed by atoms with Crippen molar-refractivity contribution in [3.05, 3.63) is 29.0 Å². The first-order valence-corrected chi connectivity index (χ1v) is 4.81. The Morgan fingerprint density at radius 1 is 1.44 bits per heavy atom. The van der Waals surface area contributed by atoms with Gasteiger partial charge in [-0.2, -0.15) is 18.3 Å². The largest absolute Gasteiger partial charge is 0.417 e. The second kappa shape index (κ2) is 3.62. The van der Waals surface area contributed by atoms with Crippen LogP contribution in [0.15, 0.2) is 23.4 Å². The average molecular weight is 250 g/mol. The van der Waals surface area contributed by atoms with Gasteiger partial charge in [0.05, 0.1) is 0 Å². The predicted molar refractivity (Wildman–Crippen MR) is 53.2 cm³/mol. The van der Waals surface area contributed by atoms with Gasteiger partial charge in [-0.05, 0) is 17.7 Å². The summed E-state index contributed by atoms with van der Waals surface area (Å²) in [5.74, 6) is 0. The number of hydrogen-bond donors (Lipinski definition) is 1. The van der Waals surface area contributed by atoms with Crippen molar-refractivity contribution in [1.82, 2.24) is 10.4 Å². The molecule has 0 fully saturated rings. The Morgan fingerprint density at radius 3 is 2.69 bits per heavy atom. The lowest BCUT2D eigenvalue weighted by Crippen LogP contribution is -2.49. The van der Waals surface area contributed by atoms with Crippen LogP contribution in [0.2, 0.25) is 5.15 Å². The van der Waals surface area contributed by atoms with Gasteiger partial charge in [0.25, 0.3) is 0 Å². The van der Waals surface area contributed by atoms with Crippen molar-refractivity contribution < 1.29 is 13.2 Å². The number of nitrogens with zero attached hydrogens (tertiary/aromatic N) is 2. The van der Waals surface area contributed by atoms with Gasteiger partial charge in [-0.1, -0.05) is 11.6 Å². The number of aromatic nitrogens is 1. The third-order valence-electron chi connectivity index (χ3n) is 2.45. The SMILES string of the molecule is FC(F)(F)[C@@]1(c2ccnc(Cl)c2)CC=NN1. The Bertz CT molecular complexity index is 422. The molecule has 16 heavy (non-hydrogen) atoms. The maximum Gasteiger partial charge on any atom is 0.417 e. The van der Waals surface area contributed by atoms with Crippen molar-refractivity contribution >= 4 is 17.8 Å². The average Bonchev–Trinajstić information content (AvgIpc) is 2.66. The van der Waals surface area contributed by atoms with Gasteiger partial charge in [0.15, 0.2) is 5.54 Å². The minimum Gasteiger partial charge on any atom is -0.290 e. The van der Waals surface area contributed by atoms with E-state index >= 15 is 0 Å². The monoisotopic (exact) mass is 249 g/mol. The first kappa shape index (κ1) is 11.2. The van der Waals surface area contributed by atoms with E-state index in [2.05, 4.69) is 15.5 Å². The Labute approximate surface area is 94.3 Å². The van der Waals surface area contributed by atoms with Crippen molar-refractivity contribution in [2.24, 2.45) is 5.10 Å². The zero-order valence-corrected chi connectivity index (χ0v) is 8.68. The summed E-state index contributed by atoms with van der Waals surface area (Å²) in [4.78, 5) is 3.65. The lowest BCUT2D eigenvalue weighted by molar-refractivity contribution is -0.196. The highest BCUT2D eigenvalue weighted by molar-refractivity contribution is 6.29. The number of rotatable bonds is 1. The molecule has 86 valence electrons. The van der Waals surface area contributed by atoms with Gasteiger partial charge < -0.3 is 0 Å². The first-order chi connectivity index (χ1) is 7.46. The molecule has 0 saturated heterocycles. The van der Waals surface area contributed by atoms with E-state index in [0.717, 1.165) is 0 Å². The van der Waals surface area contributed by atoms with Crippen molar-refractivity contribution in [1.29, 1.82) is 0 Å². The summed E-state index contributed by atoms with van der Waals surface area (Å²) in [7, 11) is 0. The van der Waals surface area contributed by atoms with Gasteiger partial charge in [0.1, 0.15) is 5.15 Å². The van der Waals surface area contributed by atoms with Gasteiger partial charge in [-0.15, -0.1) is 0 Å². The quantitative estimate of drug-likeness (QED) is 0.777. The van der Waals surface area contributed by atoms with E-state index in [9.17, 15) is 13.2 Å². The van der Waals surface area contributed by atoms with E-state index in [1.54, 1.807) is 0 Å². The molecule has 0 saturated carbocycles. The smallest absolute Gasteiger partial charge is 0.290 e. The lowest BCUT2D eigenvalue weighted by atomic mass is 9.88. The van der Waals surface area contributed by atoms with E-state index in [1.807, 2.05) is 0 Å². The minimum absolute atomic E-state index is 0.0116. The predicted octanol–water partition coefficient (Wildman–Crippen LogP) is 2.47. The van der Waals surface area contributed by atoms with Gasteiger partial charge in [0.2, 0.25) is 0 Å². The van der Waals surface area contributed by atoms with Crippen LogP contribution >= 0.6 is 11.6 Å². The molecule has 1 aromatic rings. The number of alkyl halides is 3. The Kier molecular flexibility index (Phi) is 2.53. The summed E-state index contributed by atoms with van der Waals surface area (Å²) in [5, 5.41) is 3.47. The molecule has 1 aromatic heterocycles. The van der Waals surface area contributed by atoms with E-state index in [4.69, 9.17) is 11.6 Å². The fourth-order valence-electron chi connectivity index (χ4n) is 1.58. The maximum atomic E-state index is 13.0. The Hall–Kier alpha value is -1.30. The van der Waals surface area contributed by atoms with Gasteiger partial charge >= 0.3 is 6.18 Å². The number of halogens is 4. The van der Waals surface area contributed by atoms with Crippen molar-refractivity contribution in [2.45, 2.75) is 18.1 Å². The van der Waals surface area contributed by atoms with Crippen molar-refractivity contribution in [3.63, 3.8) is 0 Å². The van der Waals surface area contributed by atoms with Crippen LogP contribution in [0.1, 0.15) is 12.0 Å². The third-order valence-corrected chi connectivity index (χ3v) is 2.65. The summed E-state index contributed by atoms with van der Waals surface area (Å²) in [6.45, 7) is 0. The number of nitrogens with one attached hydrogen (secondary N) is 1. The lowest BCUT2D eigenvalue weighted by Gasteiger charge is -2.31. The topological polar surface area (TPSA) is 37.3 Å². The molecule has 2 heterocycles. The molecule has 1 aliphatic rings. The molecule has 0 amide bonds. The molecule has 0 aliphatic carbocycles. The Morgan fingerprint density at radius 2 is 2.19 bits per heavy atom. The van der Waals surface area contributed by atoms with Crippen LogP contribution in [0.3, 0.4) is 0 Å². The highest BCUT2D eigenvalue weighted by atomic mass is 35.5. The zero-order valence-electron chi connectivity index (χ0n) is 7.92. The van der Waals surface area contributed by atoms with Crippen molar-refractivity contribution in [3.8, 4) is 0 Å². The fraction of sp³-hybridized carbons (Fsp3) is 0.333. The van der Waals surface area contributed by atoms with Crippen LogP contribution < -0.4 is 5.43 Å². The molecule has 2 rings (SSSR count). The molecule has 0 spiro atoms. The van der Waals surface area contributed by atoms with Crippen LogP contribution in [0.25, 0.3) is 0 Å². The summed E-state index contributed by atoms with van der Waals surface area (Å²) >= 11 is 5.59. The van der Waals surface area contributed by atoms with E-state index in [1.165, 1.54) is 24.5 Å². The second-order valence-corrected chi connectivity index (χ2v) is 3.79. The standard InChI is InChI=1S/C9H7ClF3N3/c10-7-5-6(1-3-14-7)8(9(11,12)13)2-4-15-16-8/h1,3-5,16H,2H2/t8-/m0/s1. The molecule has 0 radical (unpaired) electrons. The number of hydrazone groups is 1. The molecular weight excluding hydrogens is 243 g/mol. The summed E-state index contributed by atoms with van der Waals surface area (Å²) < 4.78 is 39.1. The highest BCUT2D eigenvalue weighted by Gasteiger charge is 2.57. The van der Waals surface area contributed by atoms with Crippen LogP contribution in [0, 0.1) is 0 Å². The molecule has 7 heteroatoms.